The molecular formula is C17H19N5O3S. The number of amides is 4. The molecular weight excluding hydrogens is 354 g/mol. The van der Waals surface area contributed by atoms with Crippen LogP contribution in [-0.2, 0) is 16.0 Å². The molecule has 0 aliphatic carbocycles. The molecule has 3 rings (SSSR count). The highest BCUT2D eigenvalue weighted by Gasteiger charge is 2.44. The van der Waals surface area contributed by atoms with Gasteiger partial charge in [0.25, 0.3) is 5.91 Å². The predicted molar refractivity (Wildman–Crippen MR) is 96.4 cm³/mol. The van der Waals surface area contributed by atoms with Crippen LogP contribution < -0.4 is 10.6 Å². The van der Waals surface area contributed by atoms with Gasteiger partial charge in [0.05, 0.1) is 5.69 Å². The van der Waals surface area contributed by atoms with Gasteiger partial charge in [0.15, 0.2) is 0 Å². The molecule has 1 aliphatic rings. The molecule has 0 bridgehead atoms. The van der Waals surface area contributed by atoms with Crippen molar-refractivity contribution in [1.29, 1.82) is 0 Å². The number of pyridine rings is 1. The number of hydrogen-bond donors (Lipinski definition) is 2. The van der Waals surface area contributed by atoms with E-state index in [1.54, 1.807) is 26.2 Å². The molecule has 2 aromatic rings. The standard InChI is InChI=1S/C17H19N5O3S/c1-17(2)15(24)22(16(25)21-17)9-13(23)19-8-5-12-10-26-14(20-12)11-3-6-18-7-4-11/h3-4,6-7,10H,5,8-9H2,1-2H3,(H,19,23)(H,21,25). The Balaban J connectivity index is 1.48. The van der Waals surface area contributed by atoms with Crippen LogP contribution in [0, 0.1) is 0 Å². The number of nitrogens with zero attached hydrogens (tertiary/aromatic N) is 3. The Morgan fingerprint density at radius 3 is 2.69 bits per heavy atom. The zero-order valence-corrected chi connectivity index (χ0v) is 15.3. The lowest BCUT2D eigenvalue weighted by Gasteiger charge is -2.15. The number of nitrogens with one attached hydrogen (secondary N) is 2. The van der Waals surface area contributed by atoms with Gasteiger partial charge in [-0.2, -0.15) is 0 Å². The van der Waals surface area contributed by atoms with Crippen molar-refractivity contribution in [2.45, 2.75) is 25.8 Å². The lowest BCUT2D eigenvalue weighted by atomic mass is 10.1. The van der Waals surface area contributed by atoms with Gasteiger partial charge in [-0.25, -0.2) is 9.78 Å². The third-order valence-electron chi connectivity index (χ3n) is 3.93. The normalized spacial score (nSPS) is 15.8. The number of imide groups is 1. The topological polar surface area (TPSA) is 104 Å². The van der Waals surface area contributed by atoms with Gasteiger partial charge in [-0.1, -0.05) is 0 Å². The van der Waals surface area contributed by atoms with Crippen LogP contribution in [0.25, 0.3) is 10.6 Å². The van der Waals surface area contributed by atoms with E-state index in [0.29, 0.717) is 13.0 Å². The molecule has 9 heteroatoms. The number of hydrogen-bond acceptors (Lipinski definition) is 6. The fraction of sp³-hybridized carbons (Fsp3) is 0.353. The summed E-state index contributed by atoms with van der Waals surface area (Å²) in [6, 6.07) is 3.24. The quantitative estimate of drug-likeness (QED) is 0.740. The minimum atomic E-state index is -0.971. The van der Waals surface area contributed by atoms with Crippen LogP contribution in [0.15, 0.2) is 29.9 Å². The Labute approximate surface area is 154 Å². The van der Waals surface area contributed by atoms with Crippen LogP contribution in [0.4, 0.5) is 4.79 Å². The third-order valence-corrected chi connectivity index (χ3v) is 4.87. The molecule has 3 heterocycles. The van der Waals surface area contributed by atoms with Gasteiger partial charge in [0.1, 0.15) is 17.1 Å². The average molecular weight is 373 g/mol. The Morgan fingerprint density at radius 1 is 1.31 bits per heavy atom. The van der Waals surface area contributed by atoms with Crippen LogP contribution in [0.5, 0.6) is 0 Å². The number of urea groups is 1. The maximum atomic E-state index is 12.1. The van der Waals surface area contributed by atoms with Crippen LogP contribution >= 0.6 is 11.3 Å². The summed E-state index contributed by atoms with van der Waals surface area (Å²) in [7, 11) is 0. The van der Waals surface area contributed by atoms with Gasteiger partial charge in [-0.05, 0) is 26.0 Å². The van der Waals surface area contributed by atoms with Gasteiger partial charge < -0.3 is 10.6 Å². The molecule has 0 aromatic carbocycles. The van der Waals surface area contributed by atoms with E-state index in [1.807, 2.05) is 17.5 Å². The molecule has 0 unspecified atom stereocenters. The second kappa shape index (κ2) is 7.20. The van der Waals surface area contributed by atoms with Crippen molar-refractivity contribution in [3.8, 4) is 10.6 Å². The summed E-state index contributed by atoms with van der Waals surface area (Å²) in [5.41, 5.74) is 0.904. The molecule has 0 spiro atoms. The second-order valence-electron chi connectivity index (χ2n) is 6.43. The Kier molecular flexibility index (Phi) is 4.99. The summed E-state index contributed by atoms with van der Waals surface area (Å²) in [4.78, 5) is 45.3. The summed E-state index contributed by atoms with van der Waals surface area (Å²) in [6.45, 7) is 3.31. The monoisotopic (exact) mass is 373 g/mol. The Bertz CT molecular complexity index is 834. The van der Waals surface area contributed by atoms with E-state index in [0.717, 1.165) is 21.2 Å². The van der Waals surface area contributed by atoms with E-state index in [9.17, 15) is 14.4 Å². The van der Waals surface area contributed by atoms with Crippen molar-refractivity contribution in [3.63, 3.8) is 0 Å². The molecule has 1 saturated heterocycles. The molecule has 0 atom stereocenters. The van der Waals surface area contributed by atoms with Crippen molar-refractivity contribution >= 4 is 29.2 Å². The molecule has 8 nitrogen and oxygen atoms in total. The highest BCUT2D eigenvalue weighted by Crippen LogP contribution is 2.22. The molecule has 26 heavy (non-hydrogen) atoms. The first kappa shape index (κ1) is 18.0. The zero-order chi connectivity index (χ0) is 18.7. The number of aromatic nitrogens is 2. The van der Waals surface area contributed by atoms with Gasteiger partial charge in [0.2, 0.25) is 5.91 Å². The largest absolute Gasteiger partial charge is 0.354 e. The smallest absolute Gasteiger partial charge is 0.325 e. The summed E-state index contributed by atoms with van der Waals surface area (Å²) in [5, 5.41) is 8.11. The molecule has 136 valence electrons. The van der Waals surface area contributed by atoms with Crippen LogP contribution in [0.2, 0.25) is 0 Å². The fourth-order valence-corrected chi connectivity index (χ4v) is 3.40. The minimum absolute atomic E-state index is 0.284. The second-order valence-corrected chi connectivity index (χ2v) is 7.28. The van der Waals surface area contributed by atoms with E-state index < -0.39 is 17.5 Å². The van der Waals surface area contributed by atoms with Crippen molar-refractivity contribution in [3.05, 3.63) is 35.6 Å². The van der Waals surface area contributed by atoms with Crippen molar-refractivity contribution in [1.82, 2.24) is 25.5 Å². The first-order valence-corrected chi connectivity index (χ1v) is 9.00. The number of carbonyl (C=O) groups is 3. The number of carbonyl (C=O) groups excluding carboxylic acids is 3. The third kappa shape index (κ3) is 3.88. The maximum Gasteiger partial charge on any atom is 0.325 e. The van der Waals surface area contributed by atoms with Crippen molar-refractivity contribution < 1.29 is 14.4 Å². The molecule has 2 N–H and O–H groups in total. The SMILES string of the molecule is CC1(C)NC(=O)N(CC(=O)NCCc2csc(-c3ccncc3)n2)C1=O. The zero-order valence-electron chi connectivity index (χ0n) is 14.5. The first-order chi connectivity index (χ1) is 12.4. The minimum Gasteiger partial charge on any atom is -0.354 e. The highest BCUT2D eigenvalue weighted by atomic mass is 32.1. The van der Waals surface area contributed by atoms with E-state index in [4.69, 9.17) is 0 Å². The summed E-state index contributed by atoms with van der Waals surface area (Å²) in [5.74, 6) is -0.782. The summed E-state index contributed by atoms with van der Waals surface area (Å²) < 4.78 is 0. The van der Waals surface area contributed by atoms with Crippen molar-refractivity contribution in [2.24, 2.45) is 0 Å². The molecule has 1 fully saturated rings. The lowest BCUT2D eigenvalue weighted by Crippen LogP contribution is -2.43. The lowest BCUT2D eigenvalue weighted by molar-refractivity contribution is -0.134. The van der Waals surface area contributed by atoms with Gasteiger partial charge in [-0.3, -0.25) is 19.5 Å². The molecule has 2 aromatic heterocycles. The van der Waals surface area contributed by atoms with Crippen molar-refractivity contribution in [2.75, 3.05) is 13.1 Å². The van der Waals surface area contributed by atoms with Gasteiger partial charge in [-0.15, -0.1) is 11.3 Å². The Hall–Kier alpha value is -2.81. The average Bonchev–Trinajstić information content (AvgIpc) is 3.14. The molecule has 0 saturated carbocycles. The fourth-order valence-electron chi connectivity index (χ4n) is 2.54. The maximum absolute atomic E-state index is 12.1. The van der Waals surface area contributed by atoms with Gasteiger partial charge in [0, 0.05) is 36.3 Å². The number of thiazole rings is 1. The highest BCUT2D eigenvalue weighted by molar-refractivity contribution is 7.13. The summed E-state index contributed by atoms with van der Waals surface area (Å²) >= 11 is 1.53. The van der Waals surface area contributed by atoms with Crippen LogP contribution in [-0.4, -0.2) is 51.3 Å². The number of rotatable bonds is 6. The molecule has 1 aliphatic heterocycles. The van der Waals surface area contributed by atoms with E-state index in [-0.39, 0.29) is 12.5 Å². The van der Waals surface area contributed by atoms with E-state index >= 15 is 0 Å². The predicted octanol–water partition coefficient (Wildman–Crippen LogP) is 1.19. The Morgan fingerprint density at radius 2 is 2.04 bits per heavy atom. The van der Waals surface area contributed by atoms with E-state index in [2.05, 4.69) is 20.6 Å². The molecule has 0 radical (unpaired) electrons. The van der Waals surface area contributed by atoms with E-state index in [1.165, 1.54) is 11.3 Å². The summed E-state index contributed by atoms with van der Waals surface area (Å²) in [6.07, 6.45) is 4.00. The first-order valence-electron chi connectivity index (χ1n) is 8.12. The van der Waals surface area contributed by atoms with Crippen LogP contribution in [0.1, 0.15) is 19.5 Å². The molecule has 4 amide bonds. The van der Waals surface area contributed by atoms with Crippen LogP contribution in [0.3, 0.4) is 0 Å². The van der Waals surface area contributed by atoms with Gasteiger partial charge >= 0.3 is 6.03 Å².